The van der Waals surface area contributed by atoms with Crippen LogP contribution in [0.3, 0.4) is 0 Å². The van der Waals surface area contributed by atoms with Crippen LogP contribution >= 0.6 is 11.6 Å². The van der Waals surface area contributed by atoms with Crippen LogP contribution in [-0.2, 0) is 12.8 Å². The molecule has 0 atom stereocenters. The number of ether oxygens (including phenoxy) is 1. The Kier molecular flexibility index (Phi) is 4.05. The smallest absolute Gasteiger partial charge is 0.137 e. The Bertz CT molecular complexity index is 480. The van der Waals surface area contributed by atoms with Gasteiger partial charge in [-0.2, -0.15) is 0 Å². The van der Waals surface area contributed by atoms with Gasteiger partial charge in [0.2, 0.25) is 0 Å². The molecule has 88 valence electrons. The average Bonchev–Trinajstić information content (AvgIpc) is 2.38. The fraction of sp³-hybridized carbons (Fsp3) is 0.200. The van der Waals surface area contributed by atoms with Crippen LogP contribution in [-0.4, -0.2) is 7.11 Å². The van der Waals surface area contributed by atoms with Crippen molar-refractivity contribution in [3.05, 3.63) is 64.7 Å². The van der Waals surface area contributed by atoms with Crippen molar-refractivity contribution in [1.82, 2.24) is 0 Å². The van der Waals surface area contributed by atoms with Crippen LogP contribution in [0, 0.1) is 0 Å². The second-order valence-corrected chi connectivity index (χ2v) is 4.36. The van der Waals surface area contributed by atoms with Gasteiger partial charge < -0.3 is 4.74 Å². The molecule has 0 amide bonds. The zero-order valence-electron chi connectivity index (χ0n) is 9.82. The van der Waals surface area contributed by atoms with E-state index in [9.17, 15) is 0 Å². The summed E-state index contributed by atoms with van der Waals surface area (Å²) >= 11 is 6.09. The molecule has 1 nitrogen and oxygen atoms in total. The third-order valence-electron chi connectivity index (χ3n) is 2.76. The maximum absolute atomic E-state index is 6.09. The molecule has 0 spiro atoms. The largest absolute Gasteiger partial charge is 0.495 e. The SMILES string of the molecule is COc1ccc(CCc2ccccc2)cc1Cl. The molecular formula is C15H15ClO. The number of rotatable bonds is 4. The van der Waals surface area contributed by atoms with Crippen molar-refractivity contribution in [2.75, 3.05) is 7.11 Å². The minimum atomic E-state index is 0.679. The van der Waals surface area contributed by atoms with Crippen molar-refractivity contribution in [3.63, 3.8) is 0 Å². The lowest BCUT2D eigenvalue weighted by Gasteiger charge is -2.06. The first-order valence-corrected chi connectivity index (χ1v) is 6.04. The highest BCUT2D eigenvalue weighted by Crippen LogP contribution is 2.25. The molecule has 0 aromatic heterocycles. The molecule has 2 heteroatoms. The second-order valence-electron chi connectivity index (χ2n) is 3.95. The maximum atomic E-state index is 6.09. The third kappa shape index (κ3) is 3.24. The van der Waals surface area contributed by atoms with E-state index in [0.29, 0.717) is 5.02 Å². The van der Waals surface area contributed by atoms with Crippen LogP contribution in [0.15, 0.2) is 48.5 Å². The van der Waals surface area contributed by atoms with Gasteiger partial charge in [0.25, 0.3) is 0 Å². The zero-order valence-corrected chi connectivity index (χ0v) is 10.6. The summed E-state index contributed by atoms with van der Waals surface area (Å²) in [6.45, 7) is 0. The summed E-state index contributed by atoms with van der Waals surface area (Å²) in [6.07, 6.45) is 2.03. The van der Waals surface area contributed by atoms with Crippen LogP contribution in [0.1, 0.15) is 11.1 Å². The van der Waals surface area contributed by atoms with E-state index < -0.39 is 0 Å². The van der Waals surface area contributed by atoms with Gasteiger partial charge in [0.1, 0.15) is 5.75 Å². The number of benzene rings is 2. The van der Waals surface area contributed by atoms with Crippen LogP contribution in [0.25, 0.3) is 0 Å². The van der Waals surface area contributed by atoms with Crippen molar-refractivity contribution >= 4 is 11.6 Å². The molecule has 0 saturated carbocycles. The summed E-state index contributed by atoms with van der Waals surface area (Å²) in [7, 11) is 1.63. The lowest BCUT2D eigenvalue weighted by atomic mass is 10.0. The van der Waals surface area contributed by atoms with E-state index in [1.54, 1.807) is 7.11 Å². The molecule has 0 unspecified atom stereocenters. The summed E-state index contributed by atoms with van der Waals surface area (Å²) in [6, 6.07) is 16.4. The molecule has 2 aromatic rings. The molecule has 0 aliphatic rings. The molecule has 0 aliphatic heterocycles. The molecule has 0 aliphatic carbocycles. The summed E-state index contributed by atoms with van der Waals surface area (Å²) in [4.78, 5) is 0. The lowest BCUT2D eigenvalue weighted by molar-refractivity contribution is 0.415. The topological polar surface area (TPSA) is 9.23 Å². The number of hydrogen-bond donors (Lipinski definition) is 0. The first-order chi connectivity index (χ1) is 8.29. The highest BCUT2D eigenvalue weighted by atomic mass is 35.5. The first kappa shape index (κ1) is 12.0. The molecule has 0 heterocycles. The van der Waals surface area contributed by atoms with Gasteiger partial charge in [-0.15, -0.1) is 0 Å². The number of hydrogen-bond acceptors (Lipinski definition) is 1. The highest BCUT2D eigenvalue weighted by molar-refractivity contribution is 6.32. The Balaban J connectivity index is 2.02. The van der Waals surface area contributed by atoms with E-state index in [1.807, 2.05) is 18.2 Å². The van der Waals surface area contributed by atoms with E-state index in [4.69, 9.17) is 16.3 Å². The molecule has 17 heavy (non-hydrogen) atoms. The highest BCUT2D eigenvalue weighted by Gasteiger charge is 2.02. The van der Waals surface area contributed by atoms with Gasteiger partial charge in [-0.05, 0) is 36.1 Å². The standard InChI is InChI=1S/C15H15ClO/c1-17-15-10-9-13(11-14(15)16)8-7-12-5-3-2-4-6-12/h2-6,9-11H,7-8H2,1H3. The van der Waals surface area contributed by atoms with E-state index in [1.165, 1.54) is 11.1 Å². The summed E-state index contributed by atoms with van der Waals surface area (Å²) in [5, 5.41) is 0.679. The fourth-order valence-corrected chi connectivity index (χ4v) is 2.08. The van der Waals surface area contributed by atoms with E-state index >= 15 is 0 Å². The normalized spacial score (nSPS) is 10.2. The van der Waals surface area contributed by atoms with Crippen molar-refractivity contribution in [2.24, 2.45) is 0 Å². The Labute approximate surface area is 107 Å². The average molecular weight is 247 g/mol. The lowest BCUT2D eigenvalue weighted by Crippen LogP contribution is -1.92. The zero-order chi connectivity index (χ0) is 12.1. The van der Waals surface area contributed by atoms with Crippen molar-refractivity contribution in [3.8, 4) is 5.75 Å². The van der Waals surface area contributed by atoms with Crippen molar-refractivity contribution in [1.29, 1.82) is 0 Å². The van der Waals surface area contributed by atoms with E-state index in [-0.39, 0.29) is 0 Å². The predicted molar refractivity (Wildman–Crippen MR) is 71.9 cm³/mol. The molecule has 0 fully saturated rings. The minimum absolute atomic E-state index is 0.679. The molecule has 2 aromatic carbocycles. The third-order valence-corrected chi connectivity index (χ3v) is 3.06. The fourth-order valence-electron chi connectivity index (χ4n) is 1.80. The molecular weight excluding hydrogens is 232 g/mol. The van der Waals surface area contributed by atoms with Gasteiger partial charge in [-0.3, -0.25) is 0 Å². The van der Waals surface area contributed by atoms with Gasteiger partial charge in [0, 0.05) is 0 Å². The van der Waals surface area contributed by atoms with E-state index in [0.717, 1.165) is 18.6 Å². The summed E-state index contributed by atoms with van der Waals surface area (Å²) < 4.78 is 5.13. The Morgan fingerprint density at radius 3 is 2.29 bits per heavy atom. The van der Waals surface area contributed by atoms with Gasteiger partial charge in [0.15, 0.2) is 0 Å². The van der Waals surface area contributed by atoms with Crippen LogP contribution in [0.4, 0.5) is 0 Å². The van der Waals surface area contributed by atoms with Gasteiger partial charge in [-0.25, -0.2) is 0 Å². The van der Waals surface area contributed by atoms with Gasteiger partial charge >= 0.3 is 0 Å². The number of halogens is 1. The summed E-state index contributed by atoms with van der Waals surface area (Å²) in [5.74, 6) is 0.732. The second kappa shape index (κ2) is 5.74. The summed E-state index contributed by atoms with van der Waals surface area (Å²) in [5.41, 5.74) is 2.58. The van der Waals surface area contributed by atoms with Crippen LogP contribution in [0.2, 0.25) is 5.02 Å². The van der Waals surface area contributed by atoms with Crippen LogP contribution in [0.5, 0.6) is 5.75 Å². The van der Waals surface area contributed by atoms with Gasteiger partial charge in [0.05, 0.1) is 12.1 Å². The molecule has 0 radical (unpaired) electrons. The quantitative estimate of drug-likeness (QED) is 0.788. The Hall–Kier alpha value is -1.47. The van der Waals surface area contributed by atoms with E-state index in [2.05, 4.69) is 30.3 Å². The Morgan fingerprint density at radius 2 is 1.65 bits per heavy atom. The Morgan fingerprint density at radius 1 is 0.941 bits per heavy atom. The van der Waals surface area contributed by atoms with Gasteiger partial charge in [-0.1, -0.05) is 48.0 Å². The number of methoxy groups -OCH3 is 1. The predicted octanol–water partition coefficient (Wildman–Crippen LogP) is 4.13. The van der Waals surface area contributed by atoms with Crippen LogP contribution < -0.4 is 4.74 Å². The number of aryl methyl sites for hydroxylation is 2. The monoisotopic (exact) mass is 246 g/mol. The van der Waals surface area contributed by atoms with Crippen molar-refractivity contribution in [2.45, 2.75) is 12.8 Å². The first-order valence-electron chi connectivity index (χ1n) is 5.66. The maximum Gasteiger partial charge on any atom is 0.137 e. The van der Waals surface area contributed by atoms with Crippen molar-refractivity contribution < 1.29 is 4.74 Å². The molecule has 0 saturated heterocycles. The molecule has 0 N–H and O–H groups in total. The minimum Gasteiger partial charge on any atom is -0.495 e. The molecule has 0 bridgehead atoms. The molecule has 2 rings (SSSR count).